The van der Waals surface area contributed by atoms with Gasteiger partial charge >= 0.3 is 12.0 Å². The summed E-state index contributed by atoms with van der Waals surface area (Å²) in [6.45, 7) is 1.18. The second kappa shape index (κ2) is 9.03. The molecule has 0 aromatic heterocycles. The highest BCUT2D eigenvalue weighted by molar-refractivity contribution is 5.95. The number of hydrogen-bond donors (Lipinski definition) is 3. The molecule has 7 heteroatoms. The lowest BCUT2D eigenvalue weighted by atomic mass is 10.1. The van der Waals surface area contributed by atoms with Crippen LogP contribution in [0.1, 0.15) is 22.3 Å². The molecule has 0 aliphatic carbocycles. The number of rotatable bonds is 6. The van der Waals surface area contributed by atoms with E-state index in [1.165, 1.54) is 4.90 Å². The summed E-state index contributed by atoms with van der Waals surface area (Å²) in [6, 6.07) is 16.2. The predicted octanol–water partition coefficient (Wildman–Crippen LogP) is 2.60. The van der Waals surface area contributed by atoms with Crippen molar-refractivity contribution in [3.63, 3.8) is 0 Å². The fraction of sp³-hybridized carbons (Fsp3) is 0.286. The minimum atomic E-state index is -0.877. The average Bonchev–Trinajstić information content (AvgIpc) is 3.20. The third-order valence-electron chi connectivity index (χ3n) is 4.77. The zero-order chi connectivity index (χ0) is 19.9. The first-order valence-electron chi connectivity index (χ1n) is 9.24. The molecule has 0 spiro atoms. The standard InChI is InChI=1S/C21H23N3O4/c25-19(22-12-10-15-4-2-1-3-5-15)16-6-8-18(9-7-16)23-21(28)24-13-11-17(14-24)20(26)27/h1-9,17H,10-14H2,(H,22,25)(H,23,28)(H,26,27). The van der Waals surface area contributed by atoms with E-state index in [-0.39, 0.29) is 18.5 Å². The molecule has 3 amide bonds. The number of amides is 3. The van der Waals surface area contributed by atoms with Gasteiger partial charge in [-0.3, -0.25) is 9.59 Å². The van der Waals surface area contributed by atoms with Crippen molar-refractivity contribution in [2.24, 2.45) is 5.92 Å². The van der Waals surface area contributed by atoms with Gasteiger partial charge < -0.3 is 20.6 Å². The summed E-state index contributed by atoms with van der Waals surface area (Å²) in [5.41, 5.74) is 2.23. The number of aliphatic carboxylic acids is 1. The molecule has 1 aliphatic heterocycles. The van der Waals surface area contributed by atoms with Gasteiger partial charge in [-0.25, -0.2) is 4.79 Å². The summed E-state index contributed by atoms with van der Waals surface area (Å²) >= 11 is 0. The molecule has 1 heterocycles. The van der Waals surface area contributed by atoms with Crippen LogP contribution in [0.4, 0.5) is 10.5 Å². The van der Waals surface area contributed by atoms with E-state index in [1.54, 1.807) is 24.3 Å². The van der Waals surface area contributed by atoms with E-state index in [4.69, 9.17) is 5.11 Å². The first-order valence-corrected chi connectivity index (χ1v) is 9.24. The van der Waals surface area contributed by atoms with Crippen LogP contribution in [0.5, 0.6) is 0 Å². The van der Waals surface area contributed by atoms with Crippen LogP contribution in [0.25, 0.3) is 0 Å². The smallest absolute Gasteiger partial charge is 0.321 e. The largest absolute Gasteiger partial charge is 0.481 e. The molecule has 1 fully saturated rings. The van der Waals surface area contributed by atoms with Gasteiger partial charge in [-0.05, 0) is 42.7 Å². The molecule has 2 aromatic carbocycles. The molecule has 0 bridgehead atoms. The fourth-order valence-corrected chi connectivity index (χ4v) is 3.12. The lowest BCUT2D eigenvalue weighted by Crippen LogP contribution is -2.33. The van der Waals surface area contributed by atoms with E-state index in [0.29, 0.717) is 30.8 Å². The zero-order valence-electron chi connectivity index (χ0n) is 15.4. The second-order valence-electron chi connectivity index (χ2n) is 6.77. The molecule has 3 rings (SSSR count). The quantitative estimate of drug-likeness (QED) is 0.716. The topological polar surface area (TPSA) is 98.7 Å². The lowest BCUT2D eigenvalue weighted by Gasteiger charge is -2.16. The van der Waals surface area contributed by atoms with Crippen LogP contribution in [0.2, 0.25) is 0 Å². The maximum absolute atomic E-state index is 12.2. The number of nitrogens with one attached hydrogen (secondary N) is 2. The minimum Gasteiger partial charge on any atom is -0.481 e. The van der Waals surface area contributed by atoms with Gasteiger partial charge in [0.25, 0.3) is 5.91 Å². The Morgan fingerprint density at radius 1 is 1.04 bits per heavy atom. The summed E-state index contributed by atoms with van der Waals surface area (Å²) in [5, 5.41) is 14.6. The van der Waals surface area contributed by atoms with Crippen molar-refractivity contribution in [2.45, 2.75) is 12.8 Å². The van der Waals surface area contributed by atoms with Gasteiger partial charge in [0, 0.05) is 30.9 Å². The van der Waals surface area contributed by atoms with Gasteiger partial charge in [-0.1, -0.05) is 30.3 Å². The Hall–Kier alpha value is -3.35. The van der Waals surface area contributed by atoms with Crippen molar-refractivity contribution >= 4 is 23.6 Å². The number of carboxylic acid groups (broad SMARTS) is 1. The molecule has 3 N–H and O–H groups in total. The van der Waals surface area contributed by atoms with Crippen LogP contribution >= 0.6 is 0 Å². The van der Waals surface area contributed by atoms with Crippen molar-refractivity contribution in [1.82, 2.24) is 10.2 Å². The number of nitrogens with zero attached hydrogens (tertiary/aromatic N) is 1. The van der Waals surface area contributed by atoms with Crippen molar-refractivity contribution in [2.75, 3.05) is 25.0 Å². The third kappa shape index (κ3) is 5.09. The number of hydrogen-bond acceptors (Lipinski definition) is 3. The molecule has 1 aliphatic rings. The highest BCUT2D eigenvalue weighted by Gasteiger charge is 2.30. The van der Waals surface area contributed by atoms with Gasteiger partial charge in [-0.2, -0.15) is 0 Å². The van der Waals surface area contributed by atoms with Crippen molar-refractivity contribution in [1.29, 1.82) is 0 Å². The monoisotopic (exact) mass is 381 g/mol. The summed E-state index contributed by atoms with van der Waals surface area (Å²) in [4.78, 5) is 36.9. The zero-order valence-corrected chi connectivity index (χ0v) is 15.4. The molecule has 1 atom stereocenters. The summed E-state index contributed by atoms with van der Waals surface area (Å²) in [7, 11) is 0. The number of anilines is 1. The van der Waals surface area contributed by atoms with E-state index in [9.17, 15) is 14.4 Å². The van der Waals surface area contributed by atoms with Crippen molar-refractivity contribution in [3.05, 3.63) is 65.7 Å². The molecule has 7 nitrogen and oxygen atoms in total. The number of urea groups is 1. The Morgan fingerprint density at radius 3 is 2.39 bits per heavy atom. The van der Waals surface area contributed by atoms with E-state index in [2.05, 4.69) is 10.6 Å². The first-order chi connectivity index (χ1) is 13.5. The number of carbonyl (C=O) groups excluding carboxylic acids is 2. The fourth-order valence-electron chi connectivity index (χ4n) is 3.12. The summed E-state index contributed by atoms with van der Waals surface area (Å²) < 4.78 is 0. The highest BCUT2D eigenvalue weighted by atomic mass is 16.4. The van der Waals surface area contributed by atoms with E-state index in [0.717, 1.165) is 12.0 Å². The molecule has 28 heavy (non-hydrogen) atoms. The van der Waals surface area contributed by atoms with Gasteiger partial charge in [-0.15, -0.1) is 0 Å². The lowest BCUT2D eigenvalue weighted by molar-refractivity contribution is -0.141. The molecular formula is C21H23N3O4. The van der Waals surface area contributed by atoms with Crippen LogP contribution in [-0.4, -0.2) is 47.5 Å². The van der Waals surface area contributed by atoms with Crippen LogP contribution in [-0.2, 0) is 11.2 Å². The molecule has 0 radical (unpaired) electrons. The minimum absolute atomic E-state index is 0.169. The number of carboxylic acids is 1. The van der Waals surface area contributed by atoms with Gasteiger partial charge in [0.05, 0.1) is 5.92 Å². The number of likely N-dealkylation sites (tertiary alicyclic amines) is 1. The Kier molecular flexibility index (Phi) is 6.26. The highest BCUT2D eigenvalue weighted by Crippen LogP contribution is 2.18. The Labute approximate surface area is 163 Å². The van der Waals surface area contributed by atoms with Gasteiger partial charge in [0.15, 0.2) is 0 Å². The van der Waals surface area contributed by atoms with Crippen molar-refractivity contribution < 1.29 is 19.5 Å². The Bertz CT molecular complexity index is 836. The van der Waals surface area contributed by atoms with Crippen LogP contribution in [0.15, 0.2) is 54.6 Å². The second-order valence-corrected chi connectivity index (χ2v) is 6.77. The summed E-state index contributed by atoms with van der Waals surface area (Å²) in [5.74, 6) is -1.55. The third-order valence-corrected chi connectivity index (χ3v) is 4.77. The average molecular weight is 381 g/mol. The maximum atomic E-state index is 12.2. The van der Waals surface area contributed by atoms with Gasteiger partial charge in [0.2, 0.25) is 0 Å². The Balaban J connectivity index is 1.47. The molecular weight excluding hydrogens is 358 g/mol. The normalized spacial score (nSPS) is 15.9. The van der Waals surface area contributed by atoms with Crippen molar-refractivity contribution in [3.8, 4) is 0 Å². The van der Waals surface area contributed by atoms with Crippen LogP contribution in [0.3, 0.4) is 0 Å². The number of carbonyl (C=O) groups is 3. The summed E-state index contributed by atoms with van der Waals surface area (Å²) in [6.07, 6.45) is 1.22. The molecule has 0 saturated carbocycles. The van der Waals surface area contributed by atoms with Crippen LogP contribution in [0, 0.1) is 5.92 Å². The molecule has 1 unspecified atom stereocenters. The molecule has 146 valence electrons. The van der Waals surface area contributed by atoms with Gasteiger partial charge in [0.1, 0.15) is 0 Å². The van der Waals surface area contributed by atoms with E-state index < -0.39 is 11.9 Å². The molecule has 2 aromatic rings. The maximum Gasteiger partial charge on any atom is 0.321 e. The van der Waals surface area contributed by atoms with Crippen LogP contribution < -0.4 is 10.6 Å². The van der Waals surface area contributed by atoms with E-state index in [1.807, 2.05) is 30.3 Å². The predicted molar refractivity (Wildman–Crippen MR) is 105 cm³/mol. The molecule has 1 saturated heterocycles. The number of benzene rings is 2. The first kappa shape index (κ1) is 19.4. The Morgan fingerprint density at radius 2 is 1.75 bits per heavy atom. The SMILES string of the molecule is O=C(NCCc1ccccc1)c1ccc(NC(=O)N2CCC(C(=O)O)C2)cc1. The van der Waals surface area contributed by atoms with E-state index >= 15 is 0 Å².